The molecule has 1 aromatic carbocycles. The van der Waals surface area contributed by atoms with E-state index in [0.29, 0.717) is 5.75 Å². The molecule has 2 N–H and O–H groups in total. The predicted molar refractivity (Wildman–Crippen MR) is 65.5 cm³/mol. The van der Waals surface area contributed by atoms with Crippen molar-refractivity contribution in [1.82, 2.24) is 10.3 Å². The molecule has 0 fully saturated rings. The van der Waals surface area contributed by atoms with Gasteiger partial charge in [-0.05, 0) is 24.6 Å². The highest BCUT2D eigenvalue weighted by Crippen LogP contribution is 2.17. The summed E-state index contributed by atoms with van der Waals surface area (Å²) in [6.45, 7) is 2.85. The first-order valence-corrected chi connectivity index (χ1v) is 6.03. The number of nitrogens with zero attached hydrogens (tertiary/aromatic N) is 1. The normalized spacial score (nSPS) is 12.6. The molecular weight excluding hydrogens is 220 g/mol. The van der Waals surface area contributed by atoms with Crippen LogP contribution in [0.5, 0.6) is 5.75 Å². The second-order valence-electron chi connectivity index (χ2n) is 3.68. The lowest BCUT2D eigenvalue weighted by Gasteiger charge is -2.11. The van der Waals surface area contributed by atoms with Crippen LogP contribution in [-0.4, -0.2) is 10.1 Å². The van der Waals surface area contributed by atoms with E-state index in [9.17, 15) is 5.11 Å². The Bertz CT molecular complexity index is 442. The van der Waals surface area contributed by atoms with E-state index in [1.54, 1.807) is 23.5 Å². The minimum atomic E-state index is 0.287. The standard InChI is InChI=1S/C12H14N2OS/c1-9(12-7-13-8-16-12)14-6-10-3-2-4-11(15)5-10/h2-5,7-9,14-15H,6H2,1H3. The summed E-state index contributed by atoms with van der Waals surface area (Å²) in [4.78, 5) is 5.27. The van der Waals surface area contributed by atoms with Crippen LogP contribution in [0.15, 0.2) is 36.0 Å². The third kappa shape index (κ3) is 2.81. The Morgan fingerprint density at radius 2 is 2.38 bits per heavy atom. The maximum absolute atomic E-state index is 9.33. The van der Waals surface area contributed by atoms with Crippen molar-refractivity contribution in [3.63, 3.8) is 0 Å². The molecule has 2 aromatic rings. The van der Waals surface area contributed by atoms with Crippen LogP contribution in [0, 0.1) is 0 Å². The van der Waals surface area contributed by atoms with Crippen molar-refractivity contribution >= 4 is 11.3 Å². The van der Waals surface area contributed by atoms with Crippen LogP contribution in [0.3, 0.4) is 0 Å². The summed E-state index contributed by atoms with van der Waals surface area (Å²) in [5.74, 6) is 0.310. The lowest BCUT2D eigenvalue weighted by atomic mass is 10.2. The molecule has 0 saturated carbocycles. The van der Waals surface area contributed by atoms with Crippen molar-refractivity contribution < 1.29 is 5.11 Å². The number of nitrogens with one attached hydrogen (secondary N) is 1. The molecule has 1 aromatic heterocycles. The van der Waals surface area contributed by atoms with Crippen LogP contribution in [0.4, 0.5) is 0 Å². The van der Waals surface area contributed by atoms with E-state index in [4.69, 9.17) is 0 Å². The summed E-state index contributed by atoms with van der Waals surface area (Å²) >= 11 is 1.65. The average Bonchev–Trinajstić information content (AvgIpc) is 2.79. The molecule has 0 saturated heterocycles. The largest absolute Gasteiger partial charge is 0.508 e. The molecule has 1 atom stereocenters. The van der Waals surface area contributed by atoms with Gasteiger partial charge in [0, 0.05) is 23.7 Å². The molecular formula is C12H14N2OS. The number of thiazole rings is 1. The van der Waals surface area contributed by atoms with Gasteiger partial charge in [0.25, 0.3) is 0 Å². The van der Waals surface area contributed by atoms with Crippen LogP contribution in [0.25, 0.3) is 0 Å². The van der Waals surface area contributed by atoms with E-state index in [0.717, 1.165) is 12.1 Å². The molecule has 0 aliphatic rings. The van der Waals surface area contributed by atoms with Crippen molar-refractivity contribution in [3.8, 4) is 5.75 Å². The van der Waals surface area contributed by atoms with Gasteiger partial charge in [0.05, 0.1) is 5.51 Å². The fourth-order valence-electron chi connectivity index (χ4n) is 1.48. The summed E-state index contributed by atoms with van der Waals surface area (Å²) < 4.78 is 0. The Morgan fingerprint density at radius 3 is 3.06 bits per heavy atom. The lowest BCUT2D eigenvalue weighted by molar-refractivity contribution is 0.473. The highest BCUT2D eigenvalue weighted by molar-refractivity contribution is 7.09. The molecule has 0 spiro atoms. The van der Waals surface area contributed by atoms with Gasteiger partial charge >= 0.3 is 0 Å². The molecule has 1 heterocycles. The second-order valence-corrected chi connectivity index (χ2v) is 4.59. The third-order valence-electron chi connectivity index (χ3n) is 2.40. The van der Waals surface area contributed by atoms with Crippen molar-refractivity contribution in [2.24, 2.45) is 0 Å². The average molecular weight is 234 g/mol. The Hall–Kier alpha value is -1.39. The fourth-order valence-corrected chi connectivity index (χ4v) is 2.13. The molecule has 1 unspecified atom stereocenters. The maximum atomic E-state index is 9.33. The lowest BCUT2D eigenvalue weighted by Crippen LogP contribution is -2.17. The molecule has 16 heavy (non-hydrogen) atoms. The van der Waals surface area contributed by atoms with Gasteiger partial charge in [0.15, 0.2) is 0 Å². The van der Waals surface area contributed by atoms with Gasteiger partial charge in [-0.2, -0.15) is 0 Å². The number of rotatable bonds is 4. The van der Waals surface area contributed by atoms with Crippen molar-refractivity contribution in [1.29, 1.82) is 0 Å². The zero-order chi connectivity index (χ0) is 11.4. The minimum absolute atomic E-state index is 0.287. The van der Waals surface area contributed by atoms with Crippen molar-refractivity contribution in [2.45, 2.75) is 19.5 Å². The number of phenols is 1. The first-order valence-electron chi connectivity index (χ1n) is 5.15. The maximum Gasteiger partial charge on any atom is 0.115 e. The minimum Gasteiger partial charge on any atom is -0.508 e. The van der Waals surface area contributed by atoms with E-state index in [-0.39, 0.29) is 6.04 Å². The van der Waals surface area contributed by atoms with Gasteiger partial charge in [0.2, 0.25) is 0 Å². The van der Waals surface area contributed by atoms with Crippen LogP contribution in [-0.2, 0) is 6.54 Å². The van der Waals surface area contributed by atoms with Gasteiger partial charge < -0.3 is 10.4 Å². The first-order chi connectivity index (χ1) is 7.75. The highest BCUT2D eigenvalue weighted by atomic mass is 32.1. The Labute approximate surface area is 98.8 Å². The number of hydrogen-bond donors (Lipinski definition) is 2. The molecule has 84 valence electrons. The van der Waals surface area contributed by atoms with Crippen LogP contribution >= 0.6 is 11.3 Å². The summed E-state index contributed by atoms with van der Waals surface area (Å²) in [6, 6.07) is 7.58. The van der Waals surface area contributed by atoms with E-state index in [1.165, 1.54) is 4.88 Å². The summed E-state index contributed by atoms with van der Waals surface area (Å²) in [7, 11) is 0. The topological polar surface area (TPSA) is 45.1 Å². The Kier molecular flexibility index (Phi) is 3.54. The summed E-state index contributed by atoms with van der Waals surface area (Å²) in [5.41, 5.74) is 2.92. The van der Waals surface area contributed by atoms with Crippen molar-refractivity contribution in [3.05, 3.63) is 46.4 Å². The predicted octanol–water partition coefficient (Wildman–Crippen LogP) is 2.70. The zero-order valence-electron chi connectivity index (χ0n) is 9.05. The quantitative estimate of drug-likeness (QED) is 0.855. The SMILES string of the molecule is CC(NCc1cccc(O)c1)c1cncs1. The smallest absolute Gasteiger partial charge is 0.115 e. The van der Waals surface area contributed by atoms with Crippen LogP contribution < -0.4 is 5.32 Å². The first kappa shape index (κ1) is 11.1. The fraction of sp³-hybridized carbons (Fsp3) is 0.250. The van der Waals surface area contributed by atoms with Gasteiger partial charge in [-0.1, -0.05) is 12.1 Å². The Balaban J connectivity index is 1.92. The van der Waals surface area contributed by atoms with Crippen LogP contribution in [0.2, 0.25) is 0 Å². The van der Waals surface area contributed by atoms with Gasteiger partial charge in [0.1, 0.15) is 5.75 Å². The summed E-state index contributed by atoms with van der Waals surface area (Å²) in [5, 5.41) is 12.7. The van der Waals surface area contributed by atoms with Gasteiger partial charge in [-0.25, -0.2) is 0 Å². The van der Waals surface area contributed by atoms with E-state index < -0.39 is 0 Å². The number of aromatic nitrogens is 1. The number of benzene rings is 1. The molecule has 2 rings (SSSR count). The zero-order valence-corrected chi connectivity index (χ0v) is 9.87. The number of phenolic OH excluding ortho intramolecular Hbond substituents is 1. The molecule has 0 aliphatic heterocycles. The van der Waals surface area contributed by atoms with E-state index in [2.05, 4.69) is 17.2 Å². The van der Waals surface area contributed by atoms with E-state index >= 15 is 0 Å². The molecule has 4 heteroatoms. The van der Waals surface area contributed by atoms with Gasteiger partial charge in [-0.15, -0.1) is 11.3 Å². The molecule has 3 nitrogen and oxygen atoms in total. The third-order valence-corrected chi connectivity index (χ3v) is 3.36. The highest BCUT2D eigenvalue weighted by Gasteiger charge is 2.06. The molecule has 0 aliphatic carbocycles. The Morgan fingerprint density at radius 1 is 1.50 bits per heavy atom. The molecule has 0 radical (unpaired) electrons. The summed E-state index contributed by atoms with van der Waals surface area (Å²) in [6.07, 6.45) is 1.88. The van der Waals surface area contributed by atoms with Crippen molar-refractivity contribution in [2.75, 3.05) is 0 Å². The van der Waals surface area contributed by atoms with Crippen LogP contribution in [0.1, 0.15) is 23.4 Å². The second kappa shape index (κ2) is 5.09. The number of hydrogen-bond acceptors (Lipinski definition) is 4. The molecule has 0 bridgehead atoms. The molecule has 0 amide bonds. The monoisotopic (exact) mass is 234 g/mol. The van der Waals surface area contributed by atoms with Gasteiger partial charge in [-0.3, -0.25) is 4.98 Å². The number of aromatic hydroxyl groups is 1. The van der Waals surface area contributed by atoms with E-state index in [1.807, 2.05) is 23.8 Å².